The number of carbonyl (C=O) groups is 4. The molecule has 4 unspecified atom stereocenters. The van der Waals surface area contributed by atoms with E-state index in [1.165, 1.54) is 31.8 Å². The lowest BCUT2D eigenvalue weighted by Gasteiger charge is -2.25. The van der Waals surface area contributed by atoms with E-state index in [9.17, 15) is 24.3 Å². The average Bonchev–Trinajstić information content (AvgIpc) is 3.33. The number of thiazole rings is 1. The van der Waals surface area contributed by atoms with Crippen LogP contribution in [0.1, 0.15) is 20.2 Å². The maximum atomic E-state index is 13.1. The second-order valence-corrected chi connectivity index (χ2v) is 9.61. The van der Waals surface area contributed by atoms with Crippen LogP contribution in [-0.4, -0.2) is 91.1 Å². The van der Waals surface area contributed by atoms with Gasteiger partial charge < -0.3 is 30.5 Å². The zero-order chi connectivity index (χ0) is 27.4. The summed E-state index contributed by atoms with van der Waals surface area (Å²) >= 11 is 6.82. The quantitative estimate of drug-likeness (QED) is 0.228. The molecule has 0 aliphatic heterocycles. The molecule has 1 aromatic heterocycles. The zero-order valence-electron chi connectivity index (χ0n) is 20.7. The molecule has 1 heterocycles. The van der Waals surface area contributed by atoms with Gasteiger partial charge in [-0.1, -0.05) is 30.3 Å². The SMILES string of the molecule is COCC(NC(=O)c1cnc(C)s1)C(=O)NC(COC)C(=O)NC(Cc1ccccc1)C(=O)C(O)CCl. The fourth-order valence-electron chi connectivity index (χ4n) is 3.32. The summed E-state index contributed by atoms with van der Waals surface area (Å²) in [6.45, 7) is 1.37. The molecule has 0 aliphatic rings. The largest absolute Gasteiger partial charge is 0.384 e. The van der Waals surface area contributed by atoms with Crippen molar-refractivity contribution >= 4 is 46.4 Å². The number of aliphatic hydroxyl groups excluding tert-OH is 1. The van der Waals surface area contributed by atoms with Crippen LogP contribution in [0.3, 0.4) is 0 Å². The summed E-state index contributed by atoms with van der Waals surface area (Å²) in [5, 5.41) is 18.4. The van der Waals surface area contributed by atoms with Gasteiger partial charge in [0.25, 0.3) is 5.91 Å². The molecule has 202 valence electrons. The highest BCUT2D eigenvalue weighted by Gasteiger charge is 2.32. The normalized spacial score (nSPS) is 14.2. The molecule has 2 rings (SSSR count). The number of aromatic nitrogens is 1. The number of halogens is 1. The first-order chi connectivity index (χ1) is 17.7. The molecule has 11 nitrogen and oxygen atoms in total. The van der Waals surface area contributed by atoms with Crippen molar-refractivity contribution in [2.45, 2.75) is 37.6 Å². The van der Waals surface area contributed by atoms with Gasteiger partial charge in [-0.25, -0.2) is 4.98 Å². The number of aryl methyl sites for hydroxylation is 1. The maximum absolute atomic E-state index is 13.1. The minimum atomic E-state index is -1.48. The lowest BCUT2D eigenvalue weighted by Crippen LogP contribution is -2.58. The standard InChI is InChI=1S/C24H31ClN4O7S/c1-14-26-11-20(37-14)24(34)29-18(13-36-3)23(33)28-17(12-35-2)22(32)27-16(21(31)19(30)10-25)9-15-7-5-4-6-8-15/h4-8,11,16-19,30H,9-10,12-13H2,1-3H3,(H,27,32)(H,28,33)(H,29,34). The molecule has 2 aromatic rings. The van der Waals surface area contributed by atoms with E-state index in [4.69, 9.17) is 21.1 Å². The Bertz CT molecular complexity index is 1050. The molecule has 0 spiro atoms. The lowest BCUT2D eigenvalue weighted by molar-refractivity contribution is -0.135. The van der Waals surface area contributed by atoms with Gasteiger partial charge in [-0.05, 0) is 18.9 Å². The number of rotatable bonds is 15. The molecule has 0 radical (unpaired) electrons. The van der Waals surface area contributed by atoms with Crippen LogP contribution in [0, 0.1) is 6.92 Å². The lowest BCUT2D eigenvalue weighted by atomic mass is 9.99. The molecule has 37 heavy (non-hydrogen) atoms. The zero-order valence-corrected chi connectivity index (χ0v) is 22.3. The number of alkyl halides is 1. The number of methoxy groups -OCH3 is 2. The Morgan fingerprint density at radius 2 is 1.54 bits per heavy atom. The van der Waals surface area contributed by atoms with Crippen molar-refractivity contribution in [1.82, 2.24) is 20.9 Å². The molecule has 0 aliphatic carbocycles. The molecule has 3 amide bonds. The highest BCUT2D eigenvalue weighted by molar-refractivity contribution is 7.13. The van der Waals surface area contributed by atoms with Crippen molar-refractivity contribution in [2.24, 2.45) is 0 Å². The Kier molecular flexibility index (Phi) is 12.6. The highest BCUT2D eigenvalue weighted by atomic mass is 35.5. The summed E-state index contributed by atoms with van der Waals surface area (Å²) in [4.78, 5) is 55.7. The van der Waals surface area contributed by atoms with E-state index in [1.54, 1.807) is 31.2 Å². The van der Waals surface area contributed by atoms with Crippen molar-refractivity contribution < 1.29 is 33.8 Å². The Balaban J connectivity index is 2.15. The van der Waals surface area contributed by atoms with E-state index >= 15 is 0 Å². The number of ketones is 1. The molecule has 0 bridgehead atoms. The van der Waals surface area contributed by atoms with E-state index in [2.05, 4.69) is 20.9 Å². The van der Waals surface area contributed by atoms with Crippen LogP contribution in [0.25, 0.3) is 0 Å². The van der Waals surface area contributed by atoms with Gasteiger partial charge in [0.1, 0.15) is 23.1 Å². The predicted octanol–water partition coefficient (Wildman–Crippen LogP) is 0.224. The predicted molar refractivity (Wildman–Crippen MR) is 138 cm³/mol. The van der Waals surface area contributed by atoms with Gasteiger partial charge in [0.05, 0.1) is 36.3 Å². The van der Waals surface area contributed by atoms with Crippen LogP contribution >= 0.6 is 22.9 Å². The summed E-state index contributed by atoms with van der Waals surface area (Å²) in [6.07, 6.45) is 0.0176. The number of hydrogen-bond donors (Lipinski definition) is 4. The van der Waals surface area contributed by atoms with E-state index in [1.807, 2.05) is 6.07 Å². The van der Waals surface area contributed by atoms with Crippen molar-refractivity contribution in [3.63, 3.8) is 0 Å². The van der Waals surface area contributed by atoms with Crippen molar-refractivity contribution in [1.29, 1.82) is 0 Å². The molecular formula is C24H31ClN4O7S. The molecule has 4 N–H and O–H groups in total. The van der Waals surface area contributed by atoms with E-state index in [0.717, 1.165) is 5.56 Å². The number of carbonyl (C=O) groups excluding carboxylic acids is 4. The summed E-state index contributed by atoms with van der Waals surface area (Å²) < 4.78 is 10.2. The first kappa shape index (κ1) is 30.3. The van der Waals surface area contributed by atoms with Crippen LogP contribution in [-0.2, 0) is 30.3 Å². The number of hydrogen-bond acceptors (Lipinski definition) is 9. The molecule has 4 atom stereocenters. The number of aliphatic hydroxyl groups is 1. The Labute approximate surface area is 223 Å². The Hall–Kier alpha value is -2.90. The number of nitrogens with zero attached hydrogens (tertiary/aromatic N) is 1. The number of ether oxygens (including phenoxy) is 2. The van der Waals surface area contributed by atoms with Crippen molar-refractivity contribution in [3.8, 4) is 0 Å². The first-order valence-corrected chi connectivity index (χ1v) is 12.7. The molecule has 1 aromatic carbocycles. The second-order valence-electron chi connectivity index (χ2n) is 8.06. The third-order valence-corrected chi connectivity index (χ3v) is 6.39. The van der Waals surface area contributed by atoms with E-state index in [0.29, 0.717) is 9.88 Å². The summed E-state index contributed by atoms with van der Waals surface area (Å²) in [5.74, 6) is -2.93. The van der Waals surface area contributed by atoms with Gasteiger partial charge >= 0.3 is 0 Å². The second kappa shape index (κ2) is 15.4. The molecule has 13 heteroatoms. The van der Waals surface area contributed by atoms with Crippen LogP contribution in [0.2, 0.25) is 0 Å². The van der Waals surface area contributed by atoms with E-state index < -0.39 is 47.7 Å². The number of benzene rings is 1. The minimum absolute atomic E-state index is 0.101. The van der Waals surface area contributed by atoms with Gasteiger partial charge in [0, 0.05) is 14.2 Å². The maximum Gasteiger partial charge on any atom is 0.263 e. The fraction of sp³-hybridized carbons (Fsp3) is 0.458. The third-order valence-electron chi connectivity index (χ3n) is 5.18. The third kappa shape index (κ3) is 9.48. The monoisotopic (exact) mass is 554 g/mol. The molecule has 0 saturated carbocycles. The van der Waals surface area contributed by atoms with Crippen LogP contribution in [0.5, 0.6) is 0 Å². The Morgan fingerprint density at radius 1 is 0.973 bits per heavy atom. The summed E-state index contributed by atoms with van der Waals surface area (Å²) in [5.41, 5.74) is 0.747. The van der Waals surface area contributed by atoms with Crippen LogP contribution < -0.4 is 16.0 Å². The van der Waals surface area contributed by atoms with Gasteiger partial charge in [0.2, 0.25) is 11.8 Å². The van der Waals surface area contributed by atoms with Crippen molar-refractivity contribution in [2.75, 3.05) is 33.3 Å². The fourth-order valence-corrected chi connectivity index (χ4v) is 4.15. The van der Waals surface area contributed by atoms with Gasteiger partial charge in [-0.2, -0.15) is 0 Å². The number of Topliss-reactive ketones (excluding diaryl/α,β-unsaturated/α-hetero) is 1. The smallest absolute Gasteiger partial charge is 0.263 e. The highest BCUT2D eigenvalue weighted by Crippen LogP contribution is 2.11. The van der Waals surface area contributed by atoms with Crippen LogP contribution in [0.4, 0.5) is 0 Å². The topological polar surface area (TPSA) is 156 Å². The van der Waals surface area contributed by atoms with Gasteiger partial charge in [-0.3, -0.25) is 19.2 Å². The van der Waals surface area contributed by atoms with Gasteiger partial charge in [-0.15, -0.1) is 22.9 Å². The van der Waals surface area contributed by atoms with Gasteiger partial charge in [0.15, 0.2) is 5.78 Å². The number of nitrogens with one attached hydrogen (secondary N) is 3. The molecule has 0 saturated heterocycles. The first-order valence-electron chi connectivity index (χ1n) is 11.3. The minimum Gasteiger partial charge on any atom is -0.384 e. The molecule has 0 fully saturated rings. The molecular weight excluding hydrogens is 524 g/mol. The summed E-state index contributed by atoms with van der Waals surface area (Å²) in [7, 11) is 2.71. The van der Waals surface area contributed by atoms with Crippen LogP contribution in [0.15, 0.2) is 36.5 Å². The summed E-state index contributed by atoms with van der Waals surface area (Å²) in [6, 6.07) is 5.48. The van der Waals surface area contributed by atoms with E-state index in [-0.39, 0.29) is 25.5 Å². The Morgan fingerprint density at radius 3 is 2.05 bits per heavy atom. The average molecular weight is 555 g/mol. The number of amides is 3. The van der Waals surface area contributed by atoms with Crippen molar-refractivity contribution in [3.05, 3.63) is 52.0 Å².